The zero-order valence-electron chi connectivity index (χ0n) is 12.2. The molecule has 4 nitrogen and oxygen atoms in total. The molecule has 0 saturated heterocycles. The van der Waals surface area contributed by atoms with Crippen molar-refractivity contribution in [3.63, 3.8) is 0 Å². The maximum atomic E-state index is 11.2. The molecule has 0 aromatic carbocycles. The Balaban J connectivity index is 3.32. The van der Waals surface area contributed by atoms with Crippen molar-refractivity contribution in [2.24, 2.45) is 5.73 Å². The van der Waals surface area contributed by atoms with Gasteiger partial charge in [0.05, 0.1) is 0 Å². The van der Waals surface area contributed by atoms with Crippen LogP contribution in [-0.4, -0.2) is 22.1 Å². The van der Waals surface area contributed by atoms with Crippen molar-refractivity contribution in [2.75, 3.05) is 0 Å². The topological polar surface area (TPSA) is 79.1 Å². The Kier molecular flexibility index (Phi) is 5.60. The van der Waals surface area contributed by atoms with E-state index < -0.39 is 12.0 Å². The molecule has 0 amide bonds. The van der Waals surface area contributed by atoms with Crippen LogP contribution in [-0.2, 0) is 4.79 Å². The molecule has 0 spiro atoms. The van der Waals surface area contributed by atoms with Crippen molar-refractivity contribution in [1.29, 1.82) is 0 Å². The monoisotopic (exact) mass is 274 g/mol. The van der Waals surface area contributed by atoms with E-state index in [0.29, 0.717) is 0 Å². The normalized spacial score (nSPS) is 14.7. The average molecular weight is 274 g/mol. The van der Waals surface area contributed by atoms with Gasteiger partial charge in [0.1, 0.15) is 6.04 Å². The molecular weight excluding hydrogens is 252 g/mol. The largest absolute Gasteiger partial charge is 0.480 e. The minimum Gasteiger partial charge on any atom is -0.480 e. The summed E-state index contributed by atoms with van der Waals surface area (Å²) in [6.07, 6.45) is 10.5. The Morgan fingerprint density at radius 3 is 2.80 bits per heavy atom. The van der Waals surface area contributed by atoms with Gasteiger partial charge < -0.3 is 15.8 Å². The van der Waals surface area contributed by atoms with Gasteiger partial charge in [-0.25, -0.2) is 0 Å². The second-order valence-electron chi connectivity index (χ2n) is 5.00. The van der Waals surface area contributed by atoms with Crippen LogP contribution in [0.1, 0.15) is 49.4 Å². The second kappa shape index (κ2) is 6.97. The number of hydrogen-bond donors (Lipinski definition) is 3. The number of nitrogens with one attached hydrogen (secondary N) is 1. The van der Waals surface area contributed by atoms with Crippen LogP contribution in [0.4, 0.5) is 0 Å². The fourth-order valence-electron chi connectivity index (χ4n) is 2.57. The number of rotatable bonds is 6. The number of H-pyrrole nitrogens is 1. The molecule has 1 rings (SSSR count). The Morgan fingerprint density at radius 2 is 2.30 bits per heavy atom. The predicted molar refractivity (Wildman–Crippen MR) is 81.3 cm³/mol. The molecule has 0 bridgehead atoms. The predicted octanol–water partition coefficient (Wildman–Crippen LogP) is 2.66. The van der Waals surface area contributed by atoms with E-state index in [-0.39, 0.29) is 5.92 Å². The Labute approximate surface area is 120 Å². The molecule has 0 radical (unpaired) electrons. The quantitative estimate of drug-likeness (QED) is 0.698. The third-order valence-electron chi connectivity index (χ3n) is 3.52. The number of carboxylic acid groups (broad SMARTS) is 1. The molecule has 0 fully saturated rings. The number of aryl methyl sites for hydroxylation is 1. The molecule has 1 aromatic heterocycles. The summed E-state index contributed by atoms with van der Waals surface area (Å²) in [5.41, 5.74) is 9.69. The van der Waals surface area contributed by atoms with Gasteiger partial charge in [-0.1, -0.05) is 19.3 Å². The van der Waals surface area contributed by atoms with E-state index in [2.05, 4.69) is 10.9 Å². The molecule has 20 heavy (non-hydrogen) atoms. The Hall–Kier alpha value is -1.99. The first-order valence-electron chi connectivity index (χ1n) is 6.73. The van der Waals surface area contributed by atoms with Crippen LogP contribution in [0.25, 0.3) is 5.57 Å². The number of carbonyl (C=O) groups is 1. The van der Waals surface area contributed by atoms with Crippen LogP contribution in [0.2, 0.25) is 0 Å². The number of aromatic nitrogens is 1. The van der Waals surface area contributed by atoms with Gasteiger partial charge >= 0.3 is 5.97 Å². The van der Waals surface area contributed by atoms with Crippen molar-refractivity contribution in [2.45, 2.75) is 45.6 Å². The first-order chi connectivity index (χ1) is 9.43. The molecule has 1 aromatic rings. The molecular formula is C16H22N2O2. The SMILES string of the molecule is C#C/C=C(/C)c1c([C@H](CCC)[C@H](N)C(=O)O)c[nH]c1C. The van der Waals surface area contributed by atoms with Crippen LogP contribution in [0.3, 0.4) is 0 Å². The molecule has 0 unspecified atom stereocenters. The highest BCUT2D eigenvalue weighted by atomic mass is 16.4. The maximum Gasteiger partial charge on any atom is 0.321 e. The van der Waals surface area contributed by atoms with Gasteiger partial charge in [-0.2, -0.15) is 0 Å². The van der Waals surface area contributed by atoms with E-state index in [1.54, 1.807) is 6.08 Å². The lowest BCUT2D eigenvalue weighted by Gasteiger charge is -2.21. The lowest BCUT2D eigenvalue weighted by Crippen LogP contribution is -2.36. The van der Waals surface area contributed by atoms with Crippen molar-refractivity contribution in [3.8, 4) is 12.3 Å². The lowest BCUT2D eigenvalue weighted by atomic mass is 9.85. The molecule has 0 saturated carbocycles. The van der Waals surface area contributed by atoms with Crippen LogP contribution >= 0.6 is 0 Å². The van der Waals surface area contributed by atoms with Gasteiger partial charge in [-0.05, 0) is 37.5 Å². The molecule has 0 aliphatic carbocycles. The minimum atomic E-state index is -0.980. The van der Waals surface area contributed by atoms with E-state index in [1.165, 1.54) is 0 Å². The number of nitrogens with two attached hydrogens (primary N) is 1. The number of hydrogen-bond acceptors (Lipinski definition) is 2. The van der Waals surface area contributed by atoms with Crippen LogP contribution in [0.5, 0.6) is 0 Å². The smallest absolute Gasteiger partial charge is 0.321 e. The molecule has 2 atom stereocenters. The van der Waals surface area contributed by atoms with E-state index in [9.17, 15) is 9.90 Å². The van der Waals surface area contributed by atoms with E-state index in [0.717, 1.165) is 35.2 Å². The molecule has 0 aliphatic rings. The summed E-state index contributed by atoms with van der Waals surface area (Å²) in [5, 5.41) is 9.20. The molecule has 1 heterocycles. The standard InChI is InChI=1S/C16H22N2O2/c1-5-7-10(3)14-11(4)18-9-13(14)12(8-6-2)15(17)16(19)20/h1,7,9,12,15,18H,6,8,17H2,2-4H3,(H,19,20)/b10-7-/t12-,15-/m0/s1. The van der Waals surface area contributed by atoms with Crippen LogP contribution in [0, 0.1) is 19.3 Å². The van der Waals surface area contributed by atoms with Crippen molar-refractivity contribution in [1.82, 2.24) is 4.98 Å². The summed E-state index contributed by atoms with van der Waals surface area (Å²) in [7, 11) is 0. The Bertz CT molecular complexity index is 549. The molecule has 4 heteroatoms. The van der Waals surface area contributed by atoms with Gasteiger partial charge in [0.2, 0.25) is 0 Å². The lowest BCUT2D eigenvalue weighted by molar-refractivity contribution is -0.139. The van der Waals surface area contributed by atoms with Gasteiger partial charge in [0, 0.05) is 23.4 Å². The summed E-state index contributed by atoms with van der Waals surface area (Å²) in [5.74, 6) is 1.31. The molecule has 4 N–H and O–H groups in total. The van der Waals surface area contributed by atoms with Gasteiger partial charge in [0.15, 0.2) is 0 Å². The fourth-order valence-corrected chi connectivity index (χ4v) is 2.57. The van der Waals surface area contributed by atoms with Crippen LogP contribution in [0.15, 0.2) is 12.3 Å². The van der Waals surface area contributed by atoms with Gasteiger partial charge in [-0.15, -0.1) is 6.42 Å². The van der Waals surface area contributed by atoms with Gasteiger partial charge in [-0.3, -0.25) is 4.79 Å². The highest BCUT2D eigenvalue weighted by Gasteiger charge is 2.28. The average Bonchev–Trinajstić information content (AvgIpc) is 2.77. The zero-order valence-corrected chi connectivity index (χ0v) is 12.2. The number of aliphatic carboxylic acids is 1. The second-order valence-corrected chi connectivity index (χ2v) is 5.00. The van der Waals surface area contributed by atoms with E-state index in [1.807, 2.05) is 27.0 Å². The van der Waals surface area contributed by atoms with Crippen molar-refractivity contribution < 1.29 is 9.90 Å². The summed E-state index contributed by atoms with van der Waals surface area (Å²) in [4.78, 5) is 14.4. The first-order valence-corrected chi connectivity index (χ1v) is 6.73. The highest BCUT2D eigenvalue weighted by Crippen LogP contribution is 2.33. The maximum absolute atomic E-state index is 11.2. The summed E-state index contributed by atoms with van der Waals surface area (Å²) in [6.45, 7) is 5.89. The van der Waals surface area contributed by atoms with Crippen molar-refractivity contribution in [3.05, 3.63) is 29.1 Å². The van der Waals surface area contributed by atoms with E-state index in [4.69, 9.17) is 12.2 Å². The highest BCUT2D eigenvalue weighted by molar-refractivity contribution is 5.77. The third-order valence-corrected chi connectivity index (χ3v) is 3.52. The number of terminal acetylenes is 1. The summed E-state index contributed by atoms with van der Waals surface area (Å²) in [6, 6.07) is -0.914. The number of carboxylic acids is 1. The minimum absolute atomic E-state index is 0.224. The zero-order chi connectivity index (χ0) is 15.3. The van der Waals surface area contributed by atoms with Crippen molar-refractivity contribution >= 4 is 11.5 Å². The number of allylic oxidation sites excluding steroid dienone is 2. The summed E-state index contributed by atoms with van der Waals surface area (Å²) >= 11 is 0. The van der Waals surface area contributed by atoms with Gasteiger partial charge in [0.25, 0.3) is 0 Å². The molecule has 108 valence electrons. The Morgan fingerprint density at radius 1 is 1.65 bits per heavy atom. The number of aromatic amines is 1. The van der Waals surface area contributed by atoms with E-state index >= 15 is 0 Å². The first kappa shape index (κ1) is 16.1. The third kappa shape index (κ3) is 3.31. The fraction of sp³-hybridized carbons (Fsp3) is 0.438. The van der Waals surface area contributed by atoms with Crippen LogP contribution < -0.4 is 5.73 Å². The summed E-state index contributed by atoms with van der Waals surface area (Å²) < 4.78 is 0. The molecule has 0 aliphatic heterocycles.